The number of hydrogen-bond acceptors (Lipinski definition) is 7. The maximum atomic E-state index is 13.4. The van der Waals surface area contributed by atoms with Crippen LogP contribution in [-0.4, -0.2) is 53.2 Å². The zero-order valence-corrected chi connectivity index (χ0v) is 26.3. The standard InChI is InChI=1S/C35H41N5O5/c1-23-14-16-25(17-15-23)21-37-33(43)30(39-34(44)31(24(2)41)38-28-11-7-6-8-12-28)22-45-29-13-9-10-26(19-29)18-27(20-36)32(42)40-35(3,4)5/h6-19,24,30-31,38,41H,21-22H2,1-5H3,(H,37,43)(H,39,44)(H,40,42). The first-order valence-electron chi connectivity index (χ1n) is 14.6. The fourth-order valence-corrected chi connectivity index (χ4v) is 4.18. The van der Waals surface area contributed by atoms with E-state index in [0.717, 1.165) is 11.1 Å². The molecule has 0 aromatic heterocycles. The van der Waals surface area contributed by atoms with Crippen LogP contribution in [0.15, 0.2) is 84.4 Å². The van der Waals surface area contributed by atoms with Crippen molar-refractivity contribution in [3.05, 3.63) is 101 Å². The molecule has 10 heteroatoms. The van der Waals surface area contributed by atoms with E-state index in [1.54, 1.807) is 48.5 Å². The third-order valence-electron chi connectivity index (χ3n) is 6.52. The van der Waals surface area contributed by atoms with Gasteiger partial charge >= 0.3 is 0 Å². The molecule has 3 unspecified atom stereocenters. The number of benzene rings is 3. The first-order chi connectivity index (χ1) is 21.3. The Kier molecular flexibility index (Phi) is 12.3. The van der Waals surface area contributed by atoms with Gasteiger partial charge in [-0.25, -0.2) is 0 Å². The highest BCUT2D eigenvalue weighted by Crippen LogP contribution is 2.17. The first kappa shape index (κ1) is 34.4. The van der Waals surface area contributed by atoms with E-state index in [-0.39, 0.29) is 18.7 Å². The molecule has 0 aliphatic rings. The SMILES string of the molecule is Cc1ccc(CNC(=O)C(COc2cccc(C=C(C#N)C(=O)NC(C)(C)C)c2)NC(=O)C(Nc2ccccc2)C(C)O)cc1. The number of aliphatic hydroxyl groups is 1. The number of aliphatic hydroxyl groups excluding tert-OH is 1. The van der Waals surface area contributed by atoms with E-state index >= 15 is 0 Å². The molecule has 3 rings (SSSR count). The van der Waals surface area contributed by atoms with Gasteiger partial charge in [0.25, 0.3) is 5.91 Å². The second-order valence-electron chi connectivity index (χ2n) is 11.8. The Hall–Kier alpha value is -5.14. The number of hydrogen-bond donors (Lipinski definition) is 5. The highest BCUT2D eigenvalue weighted by molar-refractivity contribution is 6.02. The summed E-state index contributed by atoms with van der Waals surface area (Å²) in [5.41, 5.74) is 2.56. The number of anilines is 1. The number of nitrogens with one attached hydrogen (secondary N) is 4. The maximum Gasteiger partial charge on any atom is 0.262 e. The van der Waals surface area contributed by atoms with E-state index in [2.05, 4.69) is 21.3 Å². The van der Waals surface area contributed by atoms with Crippen LogP contribution in [0.4, 0.5) is 5.69 Å². The summed E-state index contributed by atoms with van der Waals surface area (Å²) in [5, 5.41) is 31.3. The Labute approximate surface area is 264 Å². The highest BCUT2D eigenvalue weighted by atomic mass is 16.5. The van der Waals surface area contributed by atoms with E-state index in [4.69, 9.17) is 4.74 Å². The minimum absolute atomic E-state index is 0.0715. The van der Waals surface area contributed by atoms with Crippen molar-refractivity contribution in [2.75, 3.05) is 11.9 Å². The number of ether oxygens (including phenoxy) is 1. The van der Waals surface area contributed by atoms with Gasteiger partial charge in [-0.15, -0.1) is 0 Å². The Morgan fingerprint density at radius 2 is 1.67 bits per heavy atom. The van der Waals surface area contributed by atoms with Crippen molar-refractivity contribution < 1.29 is 24.2 Å². The molecule has 3 aromatic rings. The molecule has 10 nitrogen and oxygen atoms in total. The fraction of sp³-hybridized carbons (Fsp3) is 0.314. The van der Waals surface area contributed by atoms with Gasteiger partial charge in [-0.2, -0.15) is 5.26 Å². The summed E-state index contributed by atoms with van der Waals surface area (Å²) in [4.78, 5) is 39.2. The molecule has 0 saturated heterocycles. The molecule has 0 radical (unpaired) electrons. The lowest BCUT2D eigenvalue weighted by molar-refractivity contribution is -0.131. The van der Waals surface area contributed by atoms with E-state index in [9.17, 15) is 24.8 Å². The molecule has 236 valence electrons. The molecule has 0 aliphatic carbocycles. The van der Waals surface area contributed by atoms with E-state index in [1.165, 1.54) is 13.0 Å². The summed E-state index contributed by atoms with van der Waals surface area (Å²) in [6.07, 6.45) is 0.375. The zero-order valence-electron chi connectivity index (χ0n) is 26.3. The van der Waals surface area contributed by atoms with Gasteiger partial charge in [0, 0.05) is 17.8 Å². The van der Waals surface area contributed by atoms with Crippen molar-refractivity contribution in [2.24, 2.45) is 0 Å². The van der Waals surface area contributed by atoms with Gasteiger partial charge in [-0.05, 0) is 76.1 Å². The van der Waals surface area contributed by atoms with Crippen molar-refractivity contribution in [3.8, 4) is 11.8 Å². The van der Waals surface area contributed by atoms with Crippen LogP contribution in [0.1, 0.15) is 44.4 Å². The molecule has 0 aliphatic heterocycles. The second-order valence-corrected chi connectivity index (χ2v) is 11.8. The largest absolute Gasteiger partial charge is 0.491 e. The summed E-state index contributed by atoms with van der Waals surface area (Å²) in [7, 11) is 0. The van der Waals surface area contributed by atoms with Gasteiger partial charge in [0.15, 0.2) is 0 Å². The van der Waals surface area contributed by atoms with Crippen LogP contribution in [0.3, 0.4) is 0 Å². The van der Waals surface area contributed by atoms with Gasteiger partial charge in [-0.1, -0.05) is 60.2 Å². The summed E-state index contributed by atoms with van der Waals surface area (Å²) in [6, 6.07) is 23.1. The molecule has 0 bridgehead atoms. The van der Waals surface area contributed by atoms with E-state index in [1.807, 2.05) is 64.1 Å². The van der Waals surface area contributed by atoms with Crippen molar-refractivity contribution in [1.82, 2.24) is 16.0 Å². The number of nitriles is 1. The van der Waals surface area contributed by atoms with Crippen molar-refractivity contribution in [3.63, 3.8) is 0 Å². The maximum absolute atomic E-state index is 13.4. The van der Waals surface area contributed by atoms with Crippen molar-refractivity contribution in [1.29, 1.82) is 5.26 Å². The minimum atomic E-state index is -1.12. The molecule has 0 fully saturated rings. The number of amides is 3. The molecule has 0 spiro atoms. The second kappa shape index (κ2) is 16.1. The Morgan fingerprint density at radius 3 is 2.29 bits per heavy atom. The van der Waals surface area contributed by atoms with Crippen LogP contribution in [0.2, 0.25) is 0 Å². The predicted molar refractivity (Wildman–Crippen MR) is 174 cm³/mol. The Bertz CT molecular complexity index is 1520. The molecule has 3 aromatic carbocycles. The van der Waals surface area contributed by atoms with Gasteiger partial charge < -0.3 is 31.1 Å². The lowest BCUT2D eigenvalue weighted by Gasteiger charge is -2.25. The van der Waals surface area contributed by atoms with E-state index < -0.39 is 41.4 Å². The molecule has 45 heavy (non-hydrogen) atoms. The highest BCUT2D eigenvalue weighted by Gasteiger charge is 2.29. The van der Waals surface area contributed by atoms with Crippen LogP contribution in [0.5, 0.6) is 5.75 Å². The van der Waals surface area contributed by atoms with Crippen LogP contribution in [-0.2, 0) is 20.9 Å². The minimum Gasteiger partial charge on any atom is -0.491 e. The normalized spacial score (nSPS) is 13.4. The third-order valence-corrected chi connectivity index (χ3v) is 6.52. The summed E-state index contributed by atoms with van der Waals surface area (Å²) in [6.45, 7) is 8.93. The van der Waals surface area contributed by atoms with Crippen LogP contribution < -0.4 is 26.0 Å². The van der Waals surface area contributed by atoms with Gasteiger partial charge in [0.05, 0.1) is 6.10 Å². The summed E-state index contributed by atoms with van der Waals surface area (Å²) in [5.74, 6) is -1.21. The smallest absolute Gasteiger partial charge is 0.262 e. The lowest BCUT2D eigenvalue weighted by Crippen LogP contribution is -2.55. The quantitative estimate of drug-likeness (QED) is 0.145. The van der Waals surface area contributed by atoms with Gasteiger partial charge in [0.1, 0.15) is 36.1 Å². The molecular weight excluding hydrogens is 570 g/mol. The lowest BCUT2D eigenvalue weighted by atomic mass is 10.1. The molecular formula is C35H41N5O5. The first-order valence-corrected chi connectivity index (χ1v) is 14.6. The predicted octanol–water partition coefficient (Wildman–Crippen LogP) is 3.86. The average Bonchev–Trinajstić information content (AvgIpc) is 2.99. The molecule has 0 heterocycles. The zero-order chi connectivity index (χ0) is 33.0. The number of carbonyl (C=O) groups is 3. The summed E-state index contributed by atoms with van der Waals surface area (Å²) >= 11 is 0. The van der Waals surface area contributed by atoms with Gasteiger partial charge in [0.2, 0.25) is 11.8 Å². The van der Waals surface area contributed by atoms with Gasteiger partial charge in [-0.3, -0.25) is 14.4 Å². The molecule has 3 atom stereocenters. The fourth-order valence-electron chi connectivity index (χ4n) is 4.18. The van der Waals surface area contributed by atoms with Crippen molar-refractivity contribution in [2.45, 2.75) is 64.9 Å². The third kappa shape index (κ3) is 11.5. The summed E-state index contributed by atoms with van der Waals surface area (Å²) < 4.78 is 5.94. The number of carbonyl (C=O) groups excluding carboxylic acids is 3. The Morgan fingerprint density at radius 1 is 0.978 bits per heavy atom. The molecule has 5 N–H and O–H groups in total. The Balaban J connectivity index is 1.78. The molecule has 3 amide bonds. The van der Waals surface area contributed by atoms with E-state index in [0.29, 0.717) is 17.0 Å². The van der Waals surface area contributed by atoms with Crippen molar-refractivity contribution >= 4 is 29.5 Å². The number of aryl methyl sites for hydroxylation is 1. The number of nitrogens with zero attached hydrogens (tertiary/aromatic N) is 1. The monoisotopic (exact) mass is 611 g/mol. The molecule has 0 saturated carbocycles. The van der Waals surface area contributed by atoms with Crippen LogP contribution in [0.25, 0.3) is 6.08 Å². The number of rotatable bonds is 13. The topological polar surface area (TPSA) is 153 Å². The number of para-hydroxylation sites is 1. The average molecular weight is 612 g/mol. The van der Waals surface area contributed by atoms with Crippen LogP contribution >= 0.6 is 0 Å². The van der Waals surface area contributed by atoms with Crippen LogP contribution in [0, 0.1) is 18.3 Å².